The zero-order valence-corrected chi connectivity index (χ0v) is 32.3. The van der Waals surface area contributed by atoms with Crippen LogP contribution >= 0.6 is 0 Å². The summed E-state index contributed by atoms with van der Waals surface area (Å²) >= 11 is 0. The van der Waals surface area contributed by atoms with Crippen molar-refractivity contribution in [2.75, 3.05) is 19.8 Å². The van der Waals surface area contributed by atoms with Crippen molar-refractivity contribution in [3.05, 3.63) is 24.3 Å². The molecule has 0 aromatic rings. The summed E-state index contributed by atoms with van der Waals surface area (Å²) in [6.07, 6.45) is 43.1. The van der Waals surface area contributed by atoms with Crippen LogP contribution in [0.5, 0.6) is 0 Å². The highest BCUT2D eigenvalue weighted by molar-refractivity contribution is 5.70. The van der Waals surface area contributed by atoms with E-state index in [0.29, 0.717) is 19.4 Å². The third kappa shape index (κ3) is 37.2. The lowest BCUT2D eigenvalue weighted by atomic mass is 10.1. The molecule has 0 spiro atoms. The second kappa shape index (κ2) is 39.8. The highest BCUT2D eigenvalue weighted by Crippen LogP contribution is 2.14. The van der Waals surface area contributed by atoms with Gasteiger partial charge >= 0.3 is 11.9 Å². The Kier molecular flexibility index (Phi) is 38.5. The number of ether oxygens (including phenoxy) is 3. The quantitative estimate of drug-likeness (QED) is 0.0370. The number of unbranched alkanes of at least 4 members (excludes halogenated alkanes) is 23. The SMILES string of the molecule is CCCCC/C=C\C/C=C\CCCCCCCC(=O)OCC(COCCCCCCCC)OC(=O)CCCCCCCCCCCCC. The van der Waals surface area contributed by atoms with Crippen LogP contribution in [0, 0.1) is 0 Å². The lowest BCUT2D eigenvalue weighted by molar-refractivity contribution is -0.163. The molecule has 48 heavy (non-hydrogen) atoms. The van der Waals surface area contributed by atoms with Gasteiger partial charge in [-0.2, -0.15) is 0 Å². The zero-order chi connectivity index (χ0) is 35.0. The molecule has 0 N–H and O–H groups in total. The van der Waals surface area contributed by atoms with Crippen molar-refractivity contribution in [1.29, 1.82) is 0 Å². The molecule has 0 aliphatic carbocycles. The molecule has 0 amide bonds. The normalized spacial score (nSPS) is 12.3. The topological polar surface area (TPSA) is 61.8 Å². The van der Waals surface area contributed by atoms with Crippen molar-refractivity contribution in [3.8, 4) is 0 Å². The summed E-state index contributed by atoms with van der Waals surface area (Å²) < 4.78 is 17.1. The molecule has 0 aliphatic rings. The van der Waals surface area contributed by atoms with Gasteiger partial charge in [0.1, 0.15) is 6.61 Å². The maximum absolute atomic E-state index is 12.6. The molecule has 0 fully saturated rings. The number of allylic oxidation sites excluding steroid dienone is 4. The second-order valence-electron chi connectivity index (χ2n) is 13.9. The molecular formula is C43H80O5. The second-order valence-corrected chi connectivity index (χ2v) is 13.9. The van der Waals surface area contributed by atoms with Crippen LogP contribution in [0.4, 0.5) is 0 Å². The zero-order valence-electron chi connectivity index (χ0n) is 32.3. The maximum Gasteiger partial charge on any atom is 0.306 e. The molecule has 1 atom stereocenters. The van der Waals surface area contributed by atoms with Crippen LogP contribution in [-0.2, 0) is 23.8 Å². The Morgan fingerprint density at radius 2 is 0.875 bits per heavy atom. The molecule has 0 saturated carbocycles. The largest absolute Gasteiger partial charge is 0.462 e. The summed E-state index contributed by atoms with van der Waals surface area (Å²) in [5, 5.41) is 0. The molecule has 0 saturated heterocycles. The van der Waals surface area contributed by atoms with Crippen LogP contribution in [-0.4, -0.2) is 37.9 Å². The molecule has 0 heterocycles. The van der Waals surface area contributed by atoms with Gasteiger partial charge in [0.2, 0.25) is 0 Å². The van der Waals surface area contributed by atoms with Gasteiger partial charge in [-0.25, -0.2) is 0 Å². The molecule has 0 bridgehead atoms. The van der Waals surface area contributed by atoms with Crippen molar-refractivity contribution in [2.45, 2.75) is 219 Å². The minimum atomic E-state index is -0.529. The van der Waals surface area contributed by atoms with Gasteiger partial charge in [-0.15, -0.1) is 0 Å². The molecule has 1 unspecified atom stereocenters. The molecule has 0 rings (SSSR count). The van der Waals surface area contributed by atoms with E-state index in [9.17, 15) is 9.59 Å². The smallest absolute Gasteiger partial charge is 0.306 e. The van der Waals surface area contributed by atoms with Crippen LogP contribution in [0.15, 0.2) is 24.3 Å². The molecular weight excluding hydrogens is 596 g/mol. The van der Waals surface area contributed by atoms with Crippen LogP contribution in [0.3, 0.4) is 0 Å². The highest BCUT2D eigenvalue weighted by Gasteiger charge is 2.17. The van der Waals surface area contributed by atoms with Gasteiger partial charge in [0.05, 0.1) is 6.61 Å². The van der Waals surface area contributed by atoms with Gasteiger partial charge < -0.3 is 14.2 Å². The summed E-state index contributed by atoms with van der Waals surface area (Å²) in [5.74, 6) is -0.410. The van der Waals surface area contributed by atoms with Crippen LogP contribution in [0.2, 0.25) is 0 Å². The average Bonchev–Trinajstić information content (AvgIpc) is 3.08. The van der Waals surface area contributed by atoms with E-state index in [2.05, 4.69) is 45.1 Å². The fourth-order valence-corrected chi connectivity index (χ4v) is 5.83. The molecule has 0 aromatic carbocycles. The van der Waals surface area contributed by atoms with Crippen LogP contribution in [0.1, 0.15) is 213 Å². The monoisotopic (exact) mass is 677 g/mol. The predicted molar refractivity (Wildman–Crippen MR) is 205 cm³/mol. The van der Waals surface area contributed by atoms with E-state index in [4.69, 9.17) is 14.2 Å². The molecule has 0 aliphatic heterocycles. The minimum absolute atomic E-state index is 0.0829. The first-order valence-corrected chi connectivity index (χ1v) is 20.9. The third-order valence-electron chi connectivity index (χ3n) is 8.99. The predicted octanol–water partition coefficient (Wildman–Crippen LogP) is 13.3. The Morgan fingerprint density at radius 1 is 0.458 bits per heavy atom. The molecule has 5 nitrogen and oxygen atoms in total. The van der Waals surface area contributed by atoms with Crippen molar-refractivity contribution < 1.29 is 23.8 Å². The Labute approximate surface area is 298 Å². The van der Waals surface area contributed by atoms with Gasteiger partial charge in [-0.05, 0) is 51.4 Å². The summed E-state index contributed by atoms with van der Waals surface area (Å²) in [6.45, 7) is 7.75. The molecule has 282 valence electrons. The van der Waals surface area contributed by atoms with E-state index in [1.54, 1.807) is 0 Å². The van der Waals surface area contributed by atoms with Gasteiger partial charge in [0.25, 0.3) is 0 Å². The van der Waals surface area contributed by atoms with Gasteiger partial charge in [-0.1, -0.05) is 173 Å². The van der Waals surface area contributed by atoms with E-state index < -0.39 is 6.10 Å². The minimum Gasteiger partial charge on any atom is -0.462 e. The summed E-state index contributed by atoms with van der Waals surface area (Å²) in [4.78, 5) is 25.0. The fourth-order valence-electron chi connectivity index (χ4n) is 5.83. The van der Waals surface area contributed by atoms with Crippen LogP contribution < -0.4 is 0 Å². The van der Waals surface area contributed by atoms with Gasteiger partial charge in [0, 0.05) is 19.4 Å². The number of carbonyl (C=O) groups excluding carboxylic acids is 2. The highest BCUT2D eigenvalue weighted by atomic mass is 16.6. The summed E-state index contributed by atoms with van der Waals surface area (Å²) in [6, 6.07) is 0. The Bertz CT molecular complexity index is 731. The summed E-state index contributed by atoms with van der Waals surface area (Å²) in [7, 11) is 0. The number of hydrogen-bond acceptors (Lipinski definition) is 5. The third-order valence-corrected chi connectivity index (χ3v) is 8.99. The molecule has 0 aromatic heterocycles. The van der Waals surface area contributed by atoms with E-state index in [-0.39, 0.29) is 25.2 Å². The van der Waals surface area contributed by atoms with Gasteiger partial charge in [0.15, 0.2) is 6.10 Å². The van der Waals surface area contributed by atoms with Crippen molar-refractivity contribution in [2.24, 2.45) is 0 Å². The average molecular weight is 677 g/mol. The van der Waals surface area contributed by atoms with Crippen molar-refractivity contribution in [3.63, 3.8) is 0 Å². The van der Waals surface area contributed by atoms with Crippen molar-refractivity contribution >= 4 is 11.9 Å². The first-order valence-electron chi connectivity index (χ1n) is 20.9. The molecule has 0 radical (unpaired) electrons. The number of hydrogen-bond donors (Lipinski definition) is 0. The fraction of sp³-hybridized carbons (Fsp3) is 0.860. The Balaban J connectivity index is 4.14. The number of rotatable bonds is 38. The molecule has 5 heteroatoms. The van der Waals surface area contributed by atoms with E-state index >= 15 is 0 Å². The first-order chi connectivity index (χ1) is 23.6. The lowest BCUT2D eigenvalue weighted by Crippen LogP contribution is -2.30. The first kappa shape index (κ1) is 46.4. The maximum atomic E-state index is 12.6. The standard InChI is InChI=1S/C43H80O5/c1-4-7-10-13-16-18-20-21-22-23-25-26-28-30-33-36-42(44)47-40-41(39-46-38-35-32-15-12-9-6-3)48-43(45)37-34-31-29-27-24-19-17-14-11-8-5-2/h16,18,21-22,41H,4-15,17,19-20,23-40H2,1-3H3/b18-16-,22-21-. The summed E-state index contributed by atoms with van der Waals surface area (Å²) in [5.41, 5.74) is 0. The van der Waals surface area contributed by atoms with Crippen molar-refractivity contribution in [1.82, 2.24) is 0 Å². The van der Waals surface area contributed by atoms with E-state index in [1.807, 2.05) is 0 Å². The Morgan fingerprint density at radius 3 is 1.42 bits per heavy atom. The lowest BCUT2D eigenvalue weighted by Gasteiger charge is -2.18. The number of carbonyl (C=O) groups is 2. The van der Waals surface area contributed by atoms with E-state index in [0.717, 1.165) is 57.8 Å². The van der Waals surface area contributed by atoms with Crippen LogP contribution in [0.25, 0.3) is 0 Å². The number of esters is 2. The Hall–Kier alpha value is -1.62. The van der Waals surface area contributed by atoms with Gasteiger partial charge in [-0.3, -0.25) is 9.59 Å². The van der Waals surface area contributed by atoms with E-state index in [1.165, 1.54) is 122 Å².